The average Bonchev–Trinajstić information content (AvgIpc) is 2.55. The van der Waals surface area contributed by atoms with Crippen LogP contribution in [0.4, 0.5) is 0 Å². The zero-order chi connectivity index (χ0) is 16.9. The second kappa shape index (κ2) is 8.30. The predicted octanol–water partition coefficient (Wildman–Crippen LogP) is 3.75. The lowest BCUT2D eigenvalue weighted by atomic mass is 9.81. The van der Waals surface area contributed by atoms with Gasteiger partial charge in [0, 0.05) is 31.2 Å². The topological polar surface area (TPSA) is 27.3 Å². The van der Waals surface area contributed by atoms with Crippen molar-refractivity contribution in [3.8, 4) is 0 Å². The van der Waals surface area contributed by atoms with Crippen molar-refractivity contribution in [3.63, 3.8) is 0 Å². The van der Waals surface area contributed by atoms with Gasteiger partial charge in [-0.05, 0) is 56.8 Å². The highest BCUT2D eigenvalue weighted by atomic mass is 32.1. The zero-order valence-electron chi connectivity index (χ0n) is 15.1. The summed E-state index contributed by atoms with van der Waals surface area (Å²) in [7, 11) is 0. The molecule has 0 aromatic heterocycles. The fourth-order valence-corrected chi connectivity index (χ4v) is 4.50. The number of piperidine rings is 2. The molecule has 24 heavy (non-hydrogen) atoms. The fourth-order valence-electron chi connectivity index (χ4n) is 4.23. The van der Waals surface area contributed by atoms with E-state index in [9.17, 15) is 0 Å². The van der Waals surface area contributed by atoms with Gasteiger partial charge in [0.15, 0.2) is 5.11 Å². The maximum atomic E-state index is 5.44. The molecule has 2 aliphatic rings. The largest absolute Gasteiger partial charge is 0.363 e. The lowest BCUT2D eigenvalue weighted by Crippen LogP contribution is -2.57. The van der Waals surface area contributed by atoms with Gasteiger partial charge in [-0.2, -0.15) is 0 Å². The molecule has 0 amide bonds. The Labute approximate surface area is 152 Å². The summed E-state index contributed by atoms with van der Waals surface area (Å²) < 4.78 is 0. The minimum absolute atomic E-state index is 0.534. The summed E-state index contributed by atoms with van der Waals surface area (Å²) in [4.78, 5) is 2.76. The average molecular weight is 346 g/mol. The Hall–Kier alpha value is -1.13. The molecule has 0 saturated carbocycles. The van der Waals surface area contributed by atoms with Crippen LogP contribution in [0.2, 0.25) is 0 Å². The van der Waals surface area contributed by atoms with E-state index < -0.39 is 0 Å². The van der Waals surface area contributed by atoms with Crippen molar-refractivity contribution in [1.82, 2.24) is 15.5 Å². The van der Waals surface area contributed by atoms with Crippen LogP contribution in [-0.2, 0) is 6.54 Å². The summed E-state index contributed by atoms with van der Waals surface area (Å²) in [6, 6.07) is 11.0. The van der Waals surface area contributed by atoms with Crippen LogP contribution >= 0.6 is 12.2 Å². The number of hydrogen-bond donors (Lipinski definition) is 2. The maximum Gasteiger partial charge on any atom is 0.166 e. The van der Waals surface area contributed by atoms with Crippen LogP contribution in [0.5, 0.6) is 0 Å². The van der Waals surface area contributed by atoms with Gasteiger partial charge >= 0.3 is 0 Å². The van der Waals surface area contributed by atoms with E-state index >= 15 is 0 Å². The molecule has 2 N–H and O–H groups in total. The molecule has 1 aromatic rings. The molecule has 2 fully saturated rings. The molecule has 3 rings (SSSR count). The van der Waals surface area contributed by atoms with Crippen molar-refractivity contribution in [2.24, 2.45) is 0 Å². The minimum atomic E-state index is 0.534. The van der Waals surface area contributed by atoms with E-state index in [1.165, 1.54) is 43.2 Å². The van der Waals surface area contributed by atoms with E-state index in [0.717, 1.165) is 24.6 Å². The van der Waals surface area contributed by atoms with Crippen molar-refractivity contribution < 1.29 is 0 Å². The Kier molecular flexibility index (Phi) is 6.12. The maximum absolute atomic E-state index is 5.44. The first-order chi connectivity index (χ1) is 11.7. The second-order valence-electron chi connectivity index (χ2n) is 7.47. The molecule has 2 saturated heterocycles. The molecular weight excluding hydrogens is 314 g/mol. The Morgan fingerprint density at radius 3 is 2.46 bits per heavy atom. The molecule has 2 atom stereocenters. The Morgan fingerprint density at radius 2 is 1.83 bits per heavy atom. The van der Waals surface area contributed by atoms with Crippen LogP contribution < -0.4 is 10.6 Å². The monoisotopic (exact) mass is 345 g/mol. The first-order valence-electron chi connectivity index (χ1n) is 9.51. The number of nitrogens with one attached hydrogen (secondary N) is 2. The molecule has 4 heteroatoms. The highest BCUT2D eigenvalue weighted by Crippen LogP contribution is 2.35. The van der Waals surface area contributed by atoms with Crippen molar-refractivity contribution in [2.45, 2.75) is 77.0 Å². The van der Waals surface area contributed by atoms with Crippen LogP contribution in [-0.4, -0.2) is 34.7 Å². The highest BCUT2D eigenvalue weighted by Gasteiger charge is 2.38. The third-order valence-corrected chi connectivity index (χ3v) is 5.74. The summed E-state index contributed by atoms with van der Waals surface area (Å²) in [6.45, 7) is 6.39. The number of thiocarbonyl (C=S) groups is 1. The van der Waals surface area contributed by atoms with Gasteiger partial charge in [0.2, 0.25) is 0 Å². The first-order valence-corrected chi connectivity index (χ1v) is 9.92. The molecule has 2 heterocycles. The molecule has 0 spiro atoms. The van der Waals surface area contributed by atoms with Gasteiger partial charge in [-0.25, -0.2) is 0 Å². The van der Waals surface area contributed by atoms with E-state index in [4.69, 9.17) is 12.2 Å². The van der Waals surface area contributed by atoms with E-state index in [-0.39, 0.29) is 0 Å². The van der Waals surface area contributed by atoms with E-state index in [1.54, 1.807) is 0 Å². The van der Waals surface area contributed by atoms with E-state index in [0.29, 0.717) is 18.1 Å². The molecule has 3 nitrogen and oxygen atoms in total. The van der Waals surface area contributed by atoms with Crippen molar-refractivity contribution in [1.29, 1.82) is 0 Å². The standard InChI is InChI=1S/C20H31N3S/c1-3-11-21-20(24)22-17-12-18-5-4-6-19(13-17)23(18)14-16-9-7-15(2)8-10-16/h7-10,17-19H,3-6,11-14H2,1-2H3,(H2,21,22,24)/t18-,19-/m0/s1. The summed E-state index contributed by atoms with van der Waals surface area (Å²) >= 11 is 5.44. The Bertz CT molecular complexity index is 528. The van der Waals surface area contributed by atoms with Crippen LogP contribution in [0.25, 0.3) is 0 Å². The highest BCUT2D eigenvalue weighted by molar-refractivity contribution is 7.80. The molecule has 0 aliphatic carbocycles. The fraction of sp³-hybridized carbons (Fsp3) is 0.650. The molecule has 1 aromatic carbocycles. The summed E-state index contributed by atoms with van der Waals surface area (Å²) in [6.07, 6.45) is 7.59. The smallest absolute Gasteiger partial charge is 0.166 e. The van der Waals surface area contributed by atoms with Crippen LogP contribution in [0.15, 0.2) is 24.3 Å². The Balaban J connectivity index is 1.59. The molecule has 2 bridgehead atoms. The van der Waals surface area contributed by atoms with Crippen LogP contribution in [0, 0.1) is 6.92 Å². The number of rotatable bonds is 5. The van der Waals surface area contributed by atoms with Gasteiger partial charge in [-0.1, -0.05) is 43.2 Å². The SMILES string of the molecule is CCCNC(=S)NC1C[C@@H]2CCC[C@@H](C1)N2Cc1ccc(C)cc1. The number of benzene rings is 1. The summed E-state index contributed by atoms with van der Waals surface area (Å²) in [5.74, 6) is 0. The molecule has 132 valence electrons. The van der Waals surface area contributed by atoms with Gasteiger partial charge in [-0.15, -0.1) is 0 Å². The van der Waals surface area contributed by atoms with E-state index in [1.807, 2.05) is 0 Å². The zero-order valence-corrected chi connectivity index (χ0v) is 15.9. The van der Waals surface area contributed by atoms with Gasteiger partial charge < -0.3 is 10.6 Å². The number of fused-ring (bicyclic) bond motifs is 2. The lowest BCUT2D eigenvalue weighted by molar-refractivity contribution is 0.0210. The van der Waals surface area contributed by atoms with Gasteiger partial charge in [0.25, 0.3) is 0 Å². The lowest BCUT2D eigenvalue weighted by Gasteiger charge is -2.49. The summed E-state index contributed by atoms with van der Waals surface area (Å²) in [5.41, 5.74) is 2.79. The molecule has 2 aliphatic heterocycles. The number of nitrogens with zero attached hydrogens (tertiary/aromatic N) is 1. The van der Waals surface area contributed by atoms with Gasteiger partial charge in [0.05, 0.1) is 0 Å². The van der Waals surface area contributed by atoms with Gasteiger partial charge in [0.1, 0.15) is 0 Å². The third kappa shape index (κ3) is 4.48. The van der Waals surface area contributed by atoms with Gasteiger partial charge in [-0.3, -0.25) is 4.90 Å². The number of hydrogen-bond acceptors (Lipinski definition) is 2. The quantitative estimate of drug-likeness (QED) is 0.795. The first kappa shape index (κ1) is 17.7. The van der Waals surface area contributed by atoms with Crippen molar-refractivity contribution in [2.75, 3.05) is 6.54 Å². The molecular formula is C20H31N3S. The van der Waals surface area contributed by atoms with E-state index in [2.05, 4.69) is 53.6 Å². The molecule has 0 unspecified atom stereocenters. The van der Waals surface area contributed by atoms with Crippen LogP contribution in [0.1, 0.15) is 56.6 Å². The summed E-state index contributed by atoms with van der Waals surface area (Å²) in [5, 5.41) is 7.72. The van der Waals surface area contributed by atoms with Crippen LogP contribution in [0.3, 0.4) is 0 Å². The predicted molar refractivity (Wildman–Crippen MR) is 105 cm³/mol. The normalized spacial score (nSPS) is 26.8. The number of aryl methyl sites for hydroxylation is 1. The minimum Gasteiger partial charge on any atom is -0.363 e. The second-order valence-corrected chi connectivity index (χ2v) is 7.87. The third-order valence-electron chi connectivity index (χ3n) is 5.48. The molecule has 0 radical (unpaired) electrons. The van der Waals surface area contributed by atoms with Crippen molar-refractivity contribution in [3.05, 3.63) is 35.4 Å². The van der Waals surface area contributed by atoms with Crippen molar-refractivity contribution >= 4 is 17.3 Å². The Morgan fingerprint density at radius 1 is 1.17 bits per heavy atom.